The number of nitrogens with zero attached hydrogens (tertiary/aromatic N) is 1. The molecule has 0 aliphatic heterocycles. The van der Waals surface area contributed by atoms with E-state index in [9.17, 15) is 4.79 Å². The monoisotopic (exact) mass is 333 g/mol. The highest BCUT2D eigenvalue weighted by Crippen LogP contribution is 2.13. The number of halogens is 1. The Hall–Kier alpha value is -0.620. The van der Waals surface area contributed by atoms with Gasteiger partial charge in [-0.05, 0) is 48.1 Å². The maximum absolute atomic E-state index is 12.0. The molecule has 0 heterocycles. The van der Waals surface area contributed by atoms with Crippen LogP contribution in [-0.4, -0.2) is 35.6 Å². The van der Waals surface area contributed by atoms with Crippen molar-refractivity contribution >= 4 is 28.5 Å². The fourth-order valence-corrected chi connectivity index (χ4v) is 1.94. The van der Waals surface area contributed by atoms with Crippen molar-refractivity contribution < 1.29 is 9.90 Å². The van der Waals surface area contributed by atoms with E-state index in [4.69, 9.17) is 5.11 Å². The molecule has 0 saturated heterocycles. The summed E-state index contributed by atoms with van der Waals surface area (Å²) >= 11 is 2.15. The van der Waals surface area contributed by atoms with E-state index in [0.29, 0.717) is 13.0 Å². The standard InChI is InChI=1S/C12H16INO2/c1-9(15)7-8-14(2)12(16)10-5-3-4-6-11(10)13/h3-6,9,15H,7-8H2,1-2H3. The Morgan fingerprint density at radius 2 is 2.12 bits per heavy atom. The Kier molecular flexibility index (Phi) is 5.21. The van der Waals surface area contributed by atoms with E-state index in [0.717, 1.165) is 9.13 Å². The summed E-state index contributed by atoms with van der Waals surface area (Å²) in [5, 5.41) is 9.17. The molecule has 16 heavy (non-hydrogen) atoms. The zero-order valence-corrected chi connectivity index (χ0v) is 11.6. The first kappa shape index (κ1) is 13.4. The molecule has 0 aliphatic rings. The van der Waals surface area contributed by atoms with E-state index in [1.807, 2.05) is 24.3 Å². The Balaban J connectivity index is 2.67. The smallest absolute Gasteiger partial charge is 0.254 e. The number of carbonyl (C=O) groups is 1. The van der Waals surface area contributed by atoms with E-state index >= 15 is 0 Å². The van der Waals surface area contributed by atoms with Gasteiger partial charge in [0.05, 0.1) is 11.7 Å². The molecule has 0 spiro atoms. The lowest BCUT2D eigenvalue weighted by Crippen LogP contribution is -2.29. The average Bonchev–Trinajstić information content (AvgIpc) is 2.25. The van der Waals surface area contributed by atoms with Gasteiger partial charge in [0.15, 0.2) is 0 Å². The van der Waals surface area contributed by atoms with Crippen molar-refractivity contribution in [3.05, 3.63) is 33.4 Å². The van der Waals surface area contributed by atoms with E-state index in [-0.39, 0.29) is 12.0 Å². The van der Waals surface area contributed by atoms with Gasteiger partial charge < -0.3 is 10.0 Å². The van der Waals surface area contributed by atoms with Crippen LogP contribution in [0.2, 0.25) is 0 Å². The molecule has 1 unspecified atom stereocenters. The van der Waals surface area contributed by atoms with Gasteiger partial charge in [0, 0.05) is 17.2 Å². The zero-order valence-electron chi connectivity index (χ0n) is 9.48. The molecule has 3 nitrogen and oxygen atoms in total. The van der Waals surface area contributed by atoms with Crippen LogP contribution >= 0.6 is 22.6 Å². The van der Waals surface area contributed by atoms with E-state index in [1.165, 1.54) is 0 Å². The molecular formula is C12H16INO2. The largest absolute Gasteiger partial charge is 0.393 e. The summed E-state index contributed by atoms with van der Waals surface area (Å²) in [7, 11) is 1.76. The number of amides is 1. The predicted molar refractivity (Wildman–Crippen MR) is 72.4 cm³/mol. The molecule has 1 rings (SSSR count). The number of aliphatic hydroxyl groups excluding tert-OH is 1. The van der Waals surface area contributed by atoms with Crippen LogP contribution in [0.3, 0.4) is 0 Å². The van der Waals surface area contributed by atoms with Crippen LogP contribution in [0.25, 0.3) is 0 Å². The van der Waals surface area contributed by atoms with Gasteiger partial charge >= 0.3 is 0 Å². The molecule has 1 amide bonds. The lowest BCUT2D eigenvalue weighted by Gasteiger charge is -2.18. The van der Waals surface area contributed by atoms with E-state index < -0.39 is 0 Å². The fourth-order valence-electron chi connectivity index (χ4n) is 1.32. The molecule has 1 N–H and O–H groups in total. The Bertz CT molecular complexity index is 366. The molecule has 0 fully saturated rings. The lowest BCUT2D eigenvalue weighted by atomic mass is 10.2. The molecule has 0 aromatic heterocycles. The number of benzene rings is 1. The maximum atomic E-state index is 12.0. The van der Waals surface area contributed by atoms with Crippen molar-refractivity contribution in [3.8, 4) is 0 Å². The SMILES string of the molecule is CC(O)CCN(C)C(=O)c1ccccc1I. The Morgan fingerprint density at radius 1 is 1.50 bits per heavy atom. The van der Waals surface area contributed by atoms with Crippen molar-refractivity contribution in [1.82, 2.24) is 4.90 Å². The number of rotatable bonds is 4. The van der Waals surface area contributed by atoms with Crippen molar-refractivity contribution in [2.24, 2.45) is 0 Å². The van der Waals surface area contributed by atoms with Crippen molar-refractivity contribution in [3.63, 3.8) is 0 Å². The van der Waals surface area contributed by atoms with E-state index in [2.05, 4.69) is 22.6 Å². The van der Waals surface area contributed by atoms with Gasteiger partial charge in [-0.3, -0.25) is 4.79 Å². The van der Waals surface area contributed by atoms with Gasteiger partial charge in [0.1, 0.15) is 0 Å². The van der Waals surface area contributed by atoms with Crippen LogP contribution in [0, 0.1) is 3.57 Å². The van der Waals surface area contributed by atoms with Crippen LogP contribution in [0.15, 0.2) is 24.3 Å². The average molecular weight is 333 g/mol. The van der Waals surface area contributed by atoms with Crippen LogP contribution in [0.5, 0.6) is 0 Å². The van der Waals surface area contributed by atoms with Crippen LogP contribution < -0.4 is 0 Å². The third-order valence-electron chi connectivity index (χ3n) is 2.33. The lowest BCUT2D eigenvalue weighted by molar-refractivity contribution is 0.0768. The van der Waals surface area contributed by atoms with Crippen molar-refractivity contribution in [1.29, 1.82) is 0 Å². The molecule has 88 valence electrons. The number of hydrogen-bond donors (Lipinski definition) is 1. The zero-order chi connectivity index (χ0) is 12.1. The second kappa shape index (κ2) is 6.20. The molecule has 1 atom stereocenters. The fraction of sp³-hybridized carbons (Fsp3) is 0.417. The van der Waals surface area contributed by atoms with Gasteiger partial charge in [-0.15, -0.1) is 0 Å². The molecule has 1 aromatic rings. The predicted octanol–water partition coefficient (Wildman–Crippen LogP) is 2.13. The second-order valence-electron chi connectivity index (χ2n) is 3.84. The highest BCUT2D eigenvalue weighted by Gasteiger charge is 2.14. The summed E-state index contributed by atoms with van der Waals surface area (Å²) in [6, 6.07) is 7.51. The highest BCUT2D eigenvalue weighted by molar-refractivity contribution is 14.1. The highest BCUT2D eigenvalue weighted by atomic mass is 127. The van der Waals surface area contributed by atoms with Gasteiger partial charge in [0.2, 0.25) is 0 Å². The Labute approximate surface area is 110 Å². The van der Waals surface area contributed by atoms with Gasteiger partial charge in [-0.2, -0.15) is 0 Å². The third-order valence-corrected chi connectivity index (χ3v) is 3.27. The third kappa shape index (κ3) is 3.75. The summed E-state index contributed by atoms with van der Waals surface area (Å²) in [5.74, 6) is 0.00523. The minimum atomic E-state index is -0.370. The second-order valence-corrected chi connectivity index (χ2v) is 5.01. The molecule has 1 aromatic carbocycles. The molecule has 0 aliphatic carbocycles. The first-order chi connectivity index (χ1) is 7.52. The molecular weight excluding hydrogens is 317 g/mol. The van der Waals surface area contributed by atoms with Gasteiger partial charge in [-0.25, -0.2) is 0 Å². The van der Waals surface area contributed by atoms with E-state index in [1.54, 1.807) is 18.9 Å². The summed E-state index contributed by atoms with van der Waals surface area (Å²) < 4.78 is 0.953. The number of carbonyl (C=O) groups excluding carboxylic acids is 1. The van der Waals surface area contributed by atoms with Crippen LogP contribution in [0.1, 0.15) is 23.7 Å². The first-order valence-corrected chi connectivity index (χ1v) is 6.28. The minimum Gasteiger partial charge on any atom is -0.393 e. The van der Waals surface area contributed by atoms with Gasteiger partial charge in [0.25, 0.3) is 5.91 Å². The number of hydrogen-bond acceptors (Lipinski definition) is 2. The van der Waals surface area contributed by atoms with Crippen LogP contribution in [0.4, 0.5) is 0 Å². The summed E-state index contributed by atoms with van der Waals surface area (Å²) in [6.45, 7) is 2.30. The quantitative estimate of drug-likeness (QED) is 0.858. The molecule has 0 bridgehead atoms. The minimum absolute atomic E-state index is 0.00523. The Morgan fingerprint density at radius 3 is 2.69 bits per heavy atom. The normalized spacial score (nSPS) is 12.2. The molecule has 4 heteroatoms. The summed E-state index contributed by atoms with van der Waals surface area (Å²) in [5.41, 5.74) is 0.719. The van der Waals surface area contributed by atoms with Crippen LogP contribution in [-0.2, 0) is 0 Å². The summed E-state index contributed by atoms with van der Waals surface area (Å²) in [4.78, 5) is 13.7. The summed E-state index contributed by atoms with van der Waals surface area (Å²) in [6.07, 6.45) is 0.233. The van der Waals surface area contributed by atoms with Crippen molar-refractivity contribution in [2.75, 3.05) is 13.6 Å². The molecule has 0 saturated carbocycles. The maximum Gasteiger partial charge on any atom is 0.254 e. The van der Waals surface area contributed by atoms with Crippen molar-refractivity contribution in [2.45, 2.75) is 19.4 Å². The first-order valence-electron chi connectivity index (χ1n) is 5.20. The van der Waals surface area contributed by atoms with Gasteiger partial charge in [-0.1, -0.05) is 12.1 Å². The molecule has 0 radical (unpaired) electrons. The number of aliphatic hydroxyl groups is 1. The topological polar surface area (TPSA) is 40.5 Å².